The molecule has 2 aromatic rings. The number of benzene rings is 2. The highest BCUT2D eigenvalue weighted by atomic mass is 16.5. The molecular weight excluding hydrogens is 324 g/mol. The minimum Gasteiger partial charge on any atom is -0.493 e. The molecule has 0 aliphatic heterocycles. The predicted octanol–water partition coefficient (Wildman–Crippen LogP) is 2.88. The molecule has 2 N–H and O–H groups in total. The Kier molecular flexibility index (Phi) is 7.89. The molecule has 0 aromatic heterocycles. The molecule has 0 amide bonds. The Morgan fingerprint density at radius 1 is 1.04 bits per heavy atom. The Hall–Kier alpha value is -3.12. The lowest BCUT2D eigenvalue weighted by Gasteiger charge is -2.13. The Balaban J connectivity index is 0.000000550. The lowest BCUT2D eigenvalue weighted by molar-refractivity contribution is -0.131. The number of carboxylic acid groups (broad SMARTS) is 1. The second-order valence-corrected chi connectivity index (χ2v) is 4.79. The fraction of sp³-hybridized carbons (Fsp3) is 0.158. The number of carboxylic acids is 1. The molecule has 0 saturated heterocycles. The first-order valence-corrected chi connectivity index (χ1v) is 7.29. The quantitative estimate of drug-likeness (QED) is 0.618. The van der Waals surface area contributed by atoms with E-state index in [1.165, 1.54) is 14.2 Å². The van der Waals surface area contributed by atoms with Gasteiger partial charge in [0.05, 0.1) is 14.2 Å². The van der Waals surface area contributed by atoms with Crippen molar-refractivity contribution in [2.75, 3.05) is 14.2 Å². The van der Waals surface area contributed by atoms with Gasteiger partial charge in [0.25, 0.3) is 0 Å². The van der Waals surface area contributed by atoms with E-state index in [-0.39, 0.29) is 5.78 Å². The number of aliphatic hydroxyl groups excluding tert-OH is 1. The monoisotopic (exact) mass is 344 g/mol. The molecule has 0 radical (unpaired) electrons. The maximum Gasteiger partial charge on any atom is 0.327 e. The predicted molar refractivity (Wildman–Crippen MR) is 93.1 cm³/mol. The SMILES string of the molecule is C=CC(=O)O.COc1ccc(C(O)C(=O)c2ccccc2)cc1OC. The minimum absolute atomic E-state index is 0.349. The molecule has 25 heavy (non-hydrogen) atoms. The van der Waals surface area contributed by atoms with Crippen LogP contribution in [0.5, 0.6) is 11.5 Å². The molecular formula is C19H20O6. The molecule has 0 fully saturated rings. The summed E-state index contributed by atoms with van der Waals surface area (Å²) >= 11 is 0. The molecule has 0 spiro atoms. The smallest absolute Gasteiger partial charge is 0.327 e. The second kappa shape index (κ2) is 9.89. The van der Waals surface area contributed by atoms with Crippen LogP contribution in [0.3, 0.4) is 0 Å². The maximum atomic E-state index is 12.2. The number of ketones is 1. The molecule has 0 bridgehead atoms. The molecule has 0 aliphatic carbocycles. The van der Waals surface area contributed by atoms with Gasteiger partial charge in [0, 0.05) is 11.6 Å². The molecule has 132 valence electrons. The number of methoxy groups -OCH3 is 2. The van der Waals surface area contributed by atoms with E-state index in [0.29, 0.717) is 22.6 Å². The fourth-order valence-electron chi connectivity index (χ4n) is 1.93. The van der Waals surface area contributed by atoms with E-state index in [4.69, 9.17) is 14.6 Å². The first-order chi connectivity index (χ1) is 11.9. The van der Waals surface area contributed by atoms with E-state index in [1.54, 1.807) is 42.5 Å². The highest BCUT2D eigenvalue weighted by molar-refractivity contribution is 5.99. The summed E-state index contributed by atoms with van der Waals surface area (Å²) in [6.45, 7) is 2.96. The van der Waals surface area contributed by atoms with Crippen molar-refractivity contribution in [3.05, 3.63) is 72.3 Å². The number of aliphatic carboxylic acids is 1. The zero-order valence-corrected chi connectivity index (χ0v) is 14.0. The standard InChI is InChI=1S/C16H16O4.C3H4O2/c1-19-13-9-8-12(10-14(13)20-2)16(18)15(17)11-6-4-3-5-7-11;1-2-3(4)5/h3-10,16,18H,1-2H3;2H,1H2,(H,4,5). The van der Waals surface area contributed by atoms with E-state index in [9.17, 15) is 14.7 Å². The summed E-state index contributed by atoms with van der Waals surface area (Å²) in [6, 6.07) is 13.6. The van der Waals surface area contributed by atoms with Gasteiger partial charge in [-0.1, -0.05) is 43.0 Å². The van der Waals surface area contributed by atoms with Gasteiger partial charge in [0.1, 0.15) is 6.10 Å². The minimum atomic E-state index is -1.22. The molecule has 0 aliphatic rings. The number of hydrogen-bond donors (Lipinski definition) is 2. The summed E-state index contributed by atoms with van der Waals surface area (Å²) in [5, 5.41) is 17.8. The molecule has 6 nitrogen and oxygen atoms in total. The average molecular weight is 344 g/mol. The van der Waals surface area contributed by atoms with Gasteiger partial charge in [-0.15, -0.1) is 0 Å². The molecule has 1 atom stereocenters. The van der Waals surface area contributed by atoms with Crippen LogP contribution in [0.2, 0.25) is 0 Å². The Bertz CT molecular complexity index is 724. The number of hydrogen-bond acceptors (Lipinski definition) is 5. The molecule has 6 heteroatoms. The second-order valence-electron chi connectivity index (χ2n) is 4.79. The lowest BCUT2D eigenvalue weighted by Crippen LogP contribution is -2.12. The Morgan fingerprint density at radius 3 is 2.08 bits per heavy atom. The summed E-state index contributed by atoms with van der Waals surface area (Å²) in [4.78, 5) is 21.4. The molecule has 0 heterocycles. The van der Waals surface area contributed by atoms with Crippen LogP contribution in [-0.4, -0.2) is 36.2 Å². The summed E-state index contributed by atoms with van der Waals surface area (Å²) in [7, 11) is 3.04. The van der Waals surface area contributed by atoms with Crippen LogP contribution in [0.1, 0.15) is 22.0 Å². The van der Waals surface area contributed by atoms with E-state index in [0.717, 1.165) is 6.08 Å². The lowest BCUT2D eigenvalue weighted by atomic mass is 10.00. The van der Waals surface area contributed by atoms with Gasteiger partial charge in [-0.25, -0.2) is 4.79 Å². The zero-order chi connectivity index (χ0) is 18.8. The number of rotatable bonds is 6. The van der Waals surface area contributed by atoms with E-state index < -0.39 is 12.1 Å². The highest BCUT2D eigenvalue weighted by Gasteiger charge is 2.20. The summed E-state index contributed by atoms with van der Waals surface area (Å²) < 4.78 is 10.3. The summed E-state index contributed by atoms with van der Waals surface area (Å²) in [6.07, 6.45) is -0.391. The molecule has 2 aromatic carbocycles. The van der Waals surface area contributed by atoms with Crippen molar-refractivity contribution >= 4 is 11.8 Å². The fourth-order valence-corrected chi connectivity index (χ4v) is 1.93. The third kappa shape index (κ3) is 5.78. The number of carbonyl (C=O) groups excluding carboxylic acids is 1. The van der Waals surface area contributed by atoms with Crippen LogP contribution < -0.4 is 9.47 Å². The third-order valence-electron chi connectivity index (χ3n) is 3.20. The van der Waals surface area contributed by atoms with Crippen LogP contribution in [0, 0.1) is 0 Å². The average Bonchev–Trinajstić information content (AvgIpc) is 2.67. The molecule has 1 unspecified atom stereocenters. The van der Waals surface area contributed by atoms with Crippen molar-refractivity contribution in [1.82, 2.24) is 0 Å². The number of aliphatic hydroxyl groups is 1. The first kappa shape index (κ1) is 19.9. The zero-order valence-electron chi connectivity index (χ0n) is 14.0. The largest absolute Gasteiger partial charge is 0.493 e. The highest BCUT2D eigenvalue weighted by Crippen LogP contribution is 2.30. The normalized spacial score (nSPS) is 10.7. The maximum absolute atomic E-state index is 12.2. The van der Waals surface area contributed by atoms with Crippen LogP contribution in [0.4, 0.5) is 0 Å². The van der Waals surface area contributed by atoms with Crippen LogP contribution in [0.15, 0.2) is 61.2 Å². The Morgan fingerprint density at radius 2 is 1.60 bits per heavy atom. The van der Waals surface area contributed by atoms with Gasteiger partial charge in [-0.2, -0.15) is 0 Å². The van der Waals surface area contributed by atoms with Gasteiger partial charge in [0.15, 0.2) is 17.3 Å². The number of carbonyl (C=O) groups is 2. The summed E-state index contributed by atoms with van der Waals surface area (Å²) in [5.74, 6) is -0.302. The summed E-state index contributed by atoms with van der Waals surface area (Å²) in [5.41, 5.74) is 0.936. The Labute approximate surface area is 145 Å². The van der Waals surface area contributed by atoms with E-state index in [1.807, 2.05) is 6.07 Å². The van der Waals surface area contributed by atoms with Crippen molar-refractivity contribution in [3.8, 4) is 11.5 Å². The van der Waals surface area contributed by atoms with Crippen LogP contribution in [0.25, 0.3) is 0 Å². The van der Waals surface area contributed by atoms with Crippen molar-refractivity contribution in [2.24, 2.45) is 0 Å². The van der Waals surface area contributed by atoms with Gasteiger partial charge >= 0.3 is 5.97 Å². The number of ether oxygens (including phenoxy) is 2. The van der Waals surface area contributed by atoms with Gasteiger partial charge < -0.3 is 19.7 Å². The van der Waals surface area contributed by atoms with Gasteiger partial charge in [-0.3, -0.25) is 4.79 Å². The van der Waals surface area contributed by atoms with Crippen LogP contribution >= 0.6 is 0 Å². The van der Waals surface area contributed by atoms with E-state index >= 15 is 0 Å². The van der Waals surface area contributed by atoms with Crippen LogP contribution in [-0.2, 0) is 4.79 Å². The van der Waals surface area contributed by atoms with Crippen molar-refractivity contribution in [1.29, 1.82) is 0 Å². The molecule has 0 saturated carbocycles. The van der Waals surface area contributed by atoms with Crippen molar-refractivity contribution in [2.45, 2.75) is 6.10 Å². The van der Waals surface area contributed by atoms with Gasteiger partial charge in [0.2, 0.25) is 0 Å². The topological polar surface area (TPSA) is 93.1 Å². The number of Topliss-reactive ketones (excluding diaryl/α,β-unsaturated/α-hetero) is 1. The van der Waals surface area contributed by atoms with Crippen molar-refractivity contribution in [3.63, 3.8) is 0 Å². The third-order valence-corrected chi connectivity index (χ3v) is 3.20. The molecule has 2 rings (SSSR count). The van der Waals surface area contributed by atoms with E-state index in [2.05, 4.69) is 6.58 Å². The van der Waals surface area contributed by atoms with Crippen molar-refractivity contribution < 1.29 is 29.3 Å². The van der Waals surface area contributed by atoms with Gasteiger partial charge in [-0.05, 0) is 17.7 Å². The first-order valence-electron chi connectivity index (χ1n) is 7.29.